The molecule has 4 heteroatoms. The maximum Gasteiger partial charge on any atom is 0.254 e. The first-order valence-corrected chi connectivity index (χ1v) is 9.62. The van der Waals surface area contributed by atoms with Gasteiger partial charge in [-0.3, -0.25) is 4.79 Å². The smallest absolute Gasteiger partial charge is 0.254 e. The van der Waals surface area contributed by atoms with Gasteiger partial charge in [-0.25, -0.2) is 0 Å². The van der Waals surface area contributed by atoms with Crippen LogP contribution in [0.5, 0.6) is 0 Å². The Morgan fingerprint density at radius 1 is 1.04 bits per heavy atom. The van der Waals surface area contributed by atoms with E-state index in [1.807, 2.05) is 18.2 Å². The summed E-state index contributed by atoms with van der Waals surface area (Å²) in [6, 6.07) is 16.6. The molecule has 0 unspecified atom stereocenters. The molecule has 0 aromatic heterocycles. The Morgan fingerprint density at radius 3 is 2.62 bits per heavy atom. The van der Waals surface area contributed by atoms with Crippen molar-refractivity contribution in [3.05, 3.63) is 65.2 Å². The summed E-state index contributed by atoms with van der Waals surface area (Å²) >= 11 is 0. The molecular weight excluding hydrogens is 324 g/mol. The van der Waals surface area contributed by atoms with Crippen molar-refractivity contribution in [2.75, 3.05) is 24.6 Å². The average molecular weight is 350 g/mol. The van der Waals surface area contributed by atoms with Crippen LogP contribution in [-0.2, 0) is 22.5 Å². The van der Waals surface area contributed by atoms with E-state index in [0.29, 0.717) is 13.2 Å². The highest BCUT2D eigenvalue weighted by atomic mass is 16.5. The van der Waals surface area contributed by atoms with Crippen LogP contribution < -0.4 is 10.2 Å². The number of carbonyl (C=O) groups excluding carboxylic acids is 1. The summed E-state index contributed by atoms with van der Waals surface area (Å²) in [5.74, 6) is -0.0581. The molecular formula is C22H26N2O2. The largest absolute Gasteiger partial charge is 0.372 e. The zero-order valence-electron chi connectivity index (χ0n) is 15.1. The van der Waals surface area contributed by atoms with Gasteiger partial charge in [-0.15, -0.1) is 0 Å². The Hall–Kier alpha value is -2.33. The standard InChI is InChI=1S/C22H26N2O2/c25-22(21-20-7-3-2-6-18(20)12-15-26-21)23-16-17-8-10-19(11-9-17)24-13-4-1-5-14-24/h2-3,6-11,21H,1,4-5,12-16H2,(H,23,25)/t21-/m1/s1. The number of carbonyl (C=O) groups is 1. The molecule has 2 aromatic carbocycles. The highest BCUT2D eigenvalue weighted by molar-refractivity contribution is 5.82. The summed E-state index contributed by atoms with van der Waals surface area (Å²) in [6.45, 7) is 3.42. The Labute approximate surface area is 155 Å². The molecule has 1 amide bonds. The lowest BCUT2D eigenvalue weighted by Crippen LogP contribution is -2.33. The molecule has 2 aliphatic rings. The predicted octanol–water partition coefficient (Wildman–Crippen LogP) is 3.61. The lowest BCUT2D eigenvalue weighted by Gasteiger charge is -2.29. The summed E-state index contributed by atoms with van der Waals surface area (Å²) in [5, 5.41) is 3.03. The van der Waals surface area contributed by atoms with Crippen LogP contribution in [0.2, 0.25) is 0 Å². The first-order chi connectivity index (χ1) is 12.8. The zero-order valence-corrected chi connectivity index (χ0v) is 15.1. The molecule has 2 aliphatic heterocycles. The van der Waals surface area contributed by atoms with Crippen LogP contribution in [-0.4, -0.2) is 25.6 Å². The minimum absolute atomic E-state index is 0.0581. The topological polar surface area (TPSA) is 41.6 Å². The van der Waals surface area contributed by atoms with E-state index < -0.39 is 6.10 Å². The van der Waals surface area contributed by atoms with E-state index in [9.17, 15) is 4.79 Å². The first kappa shape index (κ1) is 17.1. The van der Waals surface area contributed by atoms with Gasteiger partial charge in [0.05, 0.1) is 6.61 Å². The predicted molar refractivity (Wildman–Crippen MR) is 103 cm³/mol. The molecule has 0 aliphatic carbocycles. The van der Waals surface area contributed by atoms with Gasteiger partial charge < -0.3 is 15.0 Å². The van der Waals surface area contributed by atoms with Gasteiger partial charge in [0.2, 0.25) is 0 Å². The second-order valence-corrected chi connectivity index (χ2v) is 7.13. The van der Waals surface area contributed by atoms with Crippen molar-refractivity contribution in [3.8, 4) is 0 Å². The molecule has 2 heterocycles. The summed E-state index contributed by atoms with van der Waals surface area (Å²) < 4.78 is 5.73. The van der Waals surface area contributed by atoms with Gasteiger partial charge in [0, 0.05) is 25.3 Å². The Bertz CT molecular complexity index is 751. The summed E-state index contributed by atoms with van der Waals surface area (Å²) in [4.78, 5) is 15.0. The quantitative estimate of drug-likeness (QED) is 0.916. The minimum atomic E-state index is -0.493. The second kappa shape index (κ2) is 7.92. The number of nitrogens with one attached hydrogen (secondary N) is 1. The number of amides is 1. The Morgan fingerprint density at radius 2 is 1.81 bits per heavy atom. The third-order valence-corrected chi connectivity index (χ3v) is 5.36. The summed E-state index contributed by atoms with van der Waals surface area (Å²) in [6.07, 6.45) is 4.28. The number of nitrogens with zero attached hydrogens (tertiary/aromatic N) is 1. The number of hydrogen-bond acceptors (Lipinski definition) is 3. The van der Waals surface area contributed by atoms with Crippen molar-refractivity contribution in [3.63, 3.8) is 0 Å². The zero-order chi connectivity index (χ0) is 17.8. The third-order valence-electron chi connectivity index (χ3n) is 5.36. The number of anilines is 1. The molecule has 0 bridgehead atoms. The number of ether oxygens (including phenoxy) is 1. The first-order valence-electron chi connectivity index (χ1n) is 9.62. The summed E-state index contributed by atoms with van der Waals surface area (Å²) in [5.41, 5.74) is 4.61. The highest BCUT2D eigenvalue weighted by Gasteiger charge is 2.26. The van der Waals surface area contributed by atoms with Gasteiger partial charge in [-0.2, -0.15) is 0 Å². The molecule has 4 nitrogen and oxygen atoms in total. The molecule has 136 valence electrons. The maximum absolute atomic E-state index is 12.6. The molecule has 1 saturated heterocycles. The van der Waals surface area contributed by atoms with Gasteiger partial charge in [0.25, 0.3) is 5.91 Å². The molecule has 1 atom stereocenters. The van der Waals surface area contributed by atoms with Crippen molar-refractivity contribution >= 4 is 11.6 Å². The number of hydrogen-bond donors (Lipinski definition) is 1. The van der Waals surface area contributed by atoms with Crippen LogP contribution in [0.1, 0.15) is 42.1 Å². The van der Waals surface area contributed by atoms with Crippen LogP contribution in [0.25, 0.3) is 0 Å². The molecule has 0 radical (unpaired) electrons. The van der Waals surface area contributed by atoms with Crippen molar-refractivity contribution < 1.29 is 9.53 Å². The molecule has 26 heavy (non-hydrogen) atoms. The van der Waals surface area contributed by atoms with Crippen molar-refractivity contribution in [2.45, 2.75) is 38.3 Å². The fraction of sp³-hybridized carbons (Fsp3) is 0.409. The normalized spacial score (nSPS) is 19.7. The van der Waals surface area contributed by atoms with Gasteiger partial charge in [-0.05, 0) is 54.5 Å². The van der Waals surface area contributed by atoms with Crippen LogP contribution in [0.4, 0.5) is 5.69 Å². The number of benzene rings is 2. The third kappa shape index (κ3) is 3.75. The molecule has 0 saturated carbocycles. The van der Waals surface area contributed by atoms with Crippen LogP contribution in [0.15, 0.2) is 48.5 Å². The fourth-order valence-electron chi connectivity index (χ4n) is 3.87. The van der Waals surface area contributed by atoms with E-state index in [2.05, 4.69) is 40.5 Å². The van der Waals surface area contributed by atoms with E-state index in [4.69, 9.17) is 4.74 Å². The second-order valence-electron chi connectivity index (χ2n) is 7.13. The van der Waals surface area contributed by atoms with E-state index in [1.54, 1.807) is 0 Å². The summed E-state index contributed by atoms with van der Waals surface area (Å²) in [7, 11) is 0. The van der Waals surface area contributed by atoms with Gasteiger partial charge in [0.1, 0.15) is 0 Å². The molecule has 2 aromatic rings. The van der Waals surface area contributed by atoms with Crippen molar-refractivity contribution in [1.29, 1.82) is 0 Å². The maximum atomic E-state index is 12.6. The van der Waals surface area contributed by atoms with Crippen molar-refractivity contribution in [1.82, 2.24) is 5.32 Å². The van der Waals surface area contributed by atoms with Crippen LogP contribution in [0.3, 0.4) is 0 Å². The molecule has 4 rings (SSSR count). The van der Waals surface area contributed by atoms with Crippen LogP contribution >= 0.6 is 0 Å². The number of fused-ring (bicyclic) bond motifs is 1. The van der Waals surface area contributed by atoms with Crippen LogP contribution in [0, 0.1) is 0 Å². The van der Waals surface area contributed by atoms with Crippen molar-refractivity contribution in [2.24, 2.45) is 0 Å². The van der Waals surface area contributed by atoms with E-state index in [-0.39, 0.29) is 5.91 Å². The van der Waals surface area contributed by atoms with Gasteiger partial charge in [-0.1, -0.05) is 36.4 Å². The SMILES string of the molecule is O=C(NCc1ccc(N2CCCCC2)cc1)[C@@H]1OCCc2ccccc21. The average Bonchev–Trinajstić information content (AvgIpc) is 2.72. The molecule has 0 spiro atoms. The molecule has 1 fully saturated rings. The lowest BCUT2D eigenvalue weighted by molar-refractivity contribution is -0.134. The molecule has 1 N–H and O–H groups in total. The fourth-order valence-corrected chi connectivity index (χ4v) is 3.87. The monoisotopic (exact) mass is 350 g/mol. The Kier molecular flexibility index (Phi) is 5.21. The van der Waals surface area contributed by atoms with E-state index >= 15 is 0 Å². The number of rotatable bonds is 4. The van der Waals surface area contributed by atoms with Gasteiger partial charge in [0.15, 0.2) is 6.10 Å². The van der Waals surface area contributed by atoms with Gasteiger partial charge >= 0.3 is 0 Å². The number of piperidine rings is 1. The Balaban J connectivity index is 1.36. The lowest BCUT2D eigenvalue weighted by atomic mass is 9.97. The highest BCUT2D eigenvalue weighted by Crippen LogP contribution is 2.27. The minimum Gasteiger partial charge on any atom is -0.372 e. The van der Waals surface area contributed by atoms with E-state index in [1.165, 1.54) is 30.5 Å². The van der Waals surface area contributed by atoms with E-state index in [0.717, 1.165) is 30.6 Å².